The Kier molecular flexibility index (Phi) is 7.40. The van der Waals surface area contributed by atoms with Gasteiger partial charge in [-0.1, -0.05) is 12.1 Å². The van der Waals surface area contributed by atoms with Gasteiger partial charge in [0.05, 0.1) is 18.7 Å². The Morgan fingerprint density at radius 2 is 2.03 bits per heavy atom. The minimum absolute atomic E-state index is 0.0423. The van der Waals surface area contributed by atoms with Crippen LogP contribution in [-0.4, -0.2) is 80.9 Å². The highest BCUT2D eigenvalue weighted by Gasteiger charge is 2.27. The van der Waals surface area contributed by atoms with E-state index in [9.17, 15) is 14.7 Å². The predicted molar refractivity (Wildman–Crippen MR) is 137 cm³/mol. The molecule has 1 N–H and O–H groups in total. The number of aliphatic hydroxyl groups excluding tert-OH is 1. The maximum Gasteiger partial charge on any atom is 0.410 e. The topological polar surface area (TPSA) is 97.1 Å². The molecule has 3 heterocycles. The van der Waals surface area contributed by atoms with Crippen LogP contribution in [0.3, 0.4) is 0 Å². The third-order valence-corrected chi connectivity index (χ3v) is 6.26. The largest absolute Gasteiger partial charge is 0.491 e. The molecule has 2 amide bonds. The number of hydrogen-bond donors (Lipinski definition) is 1. The number of amides is 2. The lowest BCUT2D eigenvalue weighted by Crippen LogP contribution is -2.39. The first-order valence-electron chi connectivity index (χ1n) is 12.5. The van der Waals surface area contributed by atoms with E-state index in [1.54, 1.807) is 16.0 Å². The molecule has 0 saturated carbocycles. The molecule has 2 aliphatic heterocycles. The SMILES string of the molecule is CC(C)N(CCO)C(=O)c1cn2c(n1)-c1ccc(C3=CCN(C(=O)OC(C)(C)C)CC3)cc1OCC2. The van der Waals surface area contributed by atoms with Gasteiger partial charge >= 0.3 is 6.09 Å². The van der Waals surface area contributed by atoms with Gasteiger partial charge in [-0.3, -0.25) is 4.79 Å². The quantitative estimate of drug-likeness (QED) is 0.676. The Hall–Kier alpha value is -3.33. The zero-order valence-electron chi connectivity index (χ0n) is 21.8. The van der Waals surface area contributed by atoms with E-state index in [1.807, 2.05) is 57.4 Å². The van der Waals surface area contributed by atoms with E-state index >= 15 is 0 Å². The fraction of sp³-hybridized carbons (Fsp3) is 0.519. The third-order valence-electron chi connectivity index (χ3n) is 6.26. The summed E-state index contributed by atoms with van der Waals surface area (Å²) in [7, 11) is 0. The summed E-state index contributed by atoms with van der Waals surface area (Å²) in [4.78, 5) is 33.5. The van der Waals surface area contributed by atoms with Gasteiger partial charge in [-0.15, -0.1) is 0 Å². The van der Waals surface area contributed by atoms with Gasteiger partial charge in [-0.05, 0) is 64.3 Å². The van der Waals surface area contributed by atoms with Gasteiger partial charge in [0.15, 0.2) is 0 Å². The van der Waals surface area contributed by atoms with Gasteiger partial charge in [0.25, 0.3) is 5.91 Å². The van der Waals surface area contributed by atoms with Crippen LogP contribution in [0.4, 0.5) is 4.79 Å². The van der Waals surface area contributed by atoms with Crippen LogP contribution in [0.1, 0.15) is 57.1 Å². The van der Waals surface area contributed by atoms with Crippen LogP contribution in [0, 0.1) is 0 Å². The molecule has 0 unspecified atom stereocenters. The monoisotopic (exact) mass is 496 g/mol. The van der Waals surface area contributed by atoms with Gasteiger partial charge in [0.2, 0.25) is 0 Å². The van der Waals surface area contributed by atoms with Gasteiger partial charge < -0.3 is 28.9 Å². The molecule has 9 heteroatoms. The minimum atomic E-state index is -0.516. The first kappa shape index (κ1) is 25.8. The summed E-state index contributed by atoms with van der Waals surface area (Å²) in [6.45, 7) is 11.7. The Bertz CT molecular complexity index is 1160. The zero-order chi connectivity index (χ0) is 26.0. The van der Waals surface area contributed by atoms with E-state index < -0.39 is 5.60 Å². The van der Waals surface area contributed by atoms with Crippen molar-refractivity contribution in [2.24, 2.45) is 0 Å². The number of carbonyl (C=O) groups excluding carboxylic acids is 2. The first-order valence-corrected chi connectivity index (χ1v) is 12.5. The van der Waals surface area contributed by atoms with E-state index in [2.05, 4.69) is 11.1 Å². The van der Waals surface area contributed by atoms with Crippen molar-refractivity contribution in [2.45, 2.75) is 59.2 Å². The predicted octanol–water partition coefficient (Wildman–Crippen LogP) is 3.81. The van der Waals surface area contributed by atoms with Crippen molar-refractivity contribution in [3.05, 3.63) is 41.7 Å². The van der Waals surface area contributed by atoms with Crippen LogP contribution in [0.2, 0.25) is 0 Å². The van der Waals surface area contributed by atoms with Crippen molar-refractivity contribution >= 4 is 17.6 Å². The smallest absolute Gasteiger partial charge is 0.410 e. The number of nitrogens with zero attached hydrogens (tertiary/aromatic N) is 4. The first-order chi connectivity index (χ1) is 17.1. The number of rotatable bonds is 5. The molecule has 2 aliphatic rings. The van der Waals surface area contributed by atoms with E-state index in [1.165, 1.54) is 0 Å². The molecule has 194 valence electrons. The molecule has 0 radical (unpaired) electrons. The summed E-state index contributed by atoms with van der Waals surface area (Å²) in [6.07, 6.45) is 4.26. The highest BCUT2D eigenvalue weighted by atomic mass is 16.6. The summed E-state index contributed by atoms with van der Waals surface area (Å²) in [5, 5.41) is 9.36. The van der Waals surface area contributed by atoms with Crippen LogP contribution < -0.4 is 4.74 Å². The fourth-order valence-corrected chi connectivity index (χ4v) is 4.46. The maximum absolute atomic E-state index is 13.1. The molecule has 0 fully saturated rings. The Balaban J connectivity index is 1.55. The summed E-state index contributed by atoms with van der Waals surface area (Å²) < 4.78 is 13.5. The van der Waals surface area contributed by atoms with Gasteiger partial charge in [-0.2, -0.15) is 0 Å². The molecule has 0 bridgehead atoms. The number of fused-ring (bicyclic) bond motifs is 3. The standard InChI is InChI=1S/C27H36N4O5/c1-18(2)31(12-14-32)25(33)22-17-30-13-15-35-23-16-20(6-7-21(23)24(30)28-22)19-8-10-29(11-9-19)26(34)36-27(3,4)5/h6-8,16-18,32H,9-15H2,1-5H3. The molecular formula is C27H36N4O5. The number of aromatic nitrogens is 2. The van der Waals surface area contributed by atoms with Crippen LogP contribution in [0.5, 0.6) is 5.75 Å². The summed E-state index contributed by atoms with van der Waals surface area (Å²) in [6, 6.07) is 6.00. The molecule has 4 rings (SSSR count). The molecular weight excluding hydrogens is 460 g/mol. The second-order valence-electron chi connectivity index (χ2n) is 10.4. The van der Waals surface area contributed by atoms with Crippen molar-refractivity contribution in [3.8, 4) is 17.1 Å². The van der Waals surface area contributed by atoms with Crippen molar-refractivity contribution in [3.63, 3.8) is 0 Å². The second-order valence-corrected chi connectivity index (χ2v) is 10.4. The molecule has 36 heavy (non-hydrogen) atoms. The van der Waals surface area contributed by atoms with Gasteiger partial charge in [0, 0.05) is 31.9 Å². The molecule has 1 aromatic carbocycles. The maximum atomic E-state index is 13.1. The van der Waals surface area contributed by atoms with Crippen molar-refractivity contribution in [1.82, 2.24) is 19.4 Å². The molecule has 1 aromatic heterocycles. The lowest BCUT2D eigenvalue weighted by Gasteiger charge is -2.29. The molecule has 9 nitrogen and oxygen atoms in total. The highest BCUT2D eigenvalue weighted by molar-refractivity contribution is 5.93. The number of hydrogen-bond acceptors (Lipinski definition) is 6. The van der Waals surface area contributed by atoms with Crippen molar-refractivity contribution < 1.29 is 24.2 Å². The molecule has 0 atom stereocenters. The number of carbonyl (C=O) groups is 2. The summed E-state index contributed by atoms with van der Waals surface area (Å²) in [5.41, 5.74) is 2.88. The van der Waals surface area contributed by atoms with E-state index in [-0.39, 0.29) is 31.2 Å². The van der Waals surface area contributed by atoms with Crippen LogP contribution in [0.25, 0.3) is 17.0 Å². The minimum Gasteiger partial charge on any atom is -0.491 e. The molecule has 0 aliphatic carbocycles. The summed E-state index contributed by atoms with van der Waals surface area (Å²) >= 11 is 0. The van der Waals surface area contributed by atoms with Crippen molar-refractivity contribution in [2.75, 3.05) is 32.8 Å². The summed E-state index contributed by atoms with van der Waals surface area (Å²) in [5.74, 6) is 1.22. The molecule has 2 aromatic rings. The molecule has 0 saturated heterocycles. The number of aliphatic hydroxyl groups is 1. The number of ether oxygens (including phenoxy) is 2. The Morgan fingerprint density at radius 1 is 1.25 bits per heavy atom. The lowest BCUT2D eigenvalue weighted by molar-refractivity contribution is 0.0270. The normalized spacial score (nSPS) is 15.4. The van der Waals surface area contributed by atoms with Crippen LogP contribution >= 0.6 is 0 Å². The van der Waals surface area contributed by atoms with Crippen LogP contribution in [-0.2, 0) is 11.3 Å². The van der Waals surface area contributed by atoms with Gasteiger partial charge in [-0.25, -0.2) is 9.78 Å². The lowest BCUT2D eigenvalue weighted by atomic mass is 9.97. The Morgan fingerprint density at radius 3 is 2.67 bits per heavy atom. The van der Waals surface area contributed by atoms with E-state index in [0.29, 0.717) is 37.8 Å². The van der Waals surface area contributed by atoms with Crippen molar-refractivity contribution in [1.29, 1.82) is 0 Å². The second kappa shape index (κ2) is 10.3. The van der Waals surface area contributed by atoms with Gasteiger partial charge in [0.1, 0.15) is 29.5 Å². The number of imidazole rings is 1. The van der Waals surface area contributed by atoms with E-state index in [0.717, 1.165) is 28.9 Å². The van der Waals surface area contributed by atoms with Crippen LogP contribution in [0.15, 0.2) is 30.5 Å². The highest BCUT2D eigenvalue weighted by Crippen LogP contribution is 2.36. The fourth-order valence-electron chi connectivity index (χ4n) is 4.46. The Labute approximate surface area is 212 Å². The molecule has 0 spiro atoms. The zero-order valence-corrected chi connectivity index (χ0v) is 21.8. The number of benzene rings is 1. The average Bonchev–Trinajstić information content (AvgIpc) is 3.17. The third kappa shape index (κ3) is 5.56. The average molecular weight is 497 g/mol. The van der Waals surface area contributed by atoms with E-state index in [4.69, 9.17) is 9.47 Å².